The van der Waals surface area contributed by atoms with Crippen molar-refractivity contribution in [2.75, 3.05) is 7.11 Å². The van der Waals surface area contributed by atoms with Gasteiger partial charge in [-0.15, -0.1) is 0 Å². The maximum atomic E-state index is 12.7. The highest BCUT2D eigenvalue weighted by molar-refractivity contribution is 5.90. The summed E-state index contributed by atoms with van der Waals surface area (Å²) in [7, 11) is 1.43. The Bertz CT molecular complexity index is 1290. The fourth-order valence-electron chi connectivity index (χ4n) is 12.1. The number of carbonyl (C=O) groups is 2. The molecule has 0 amide bonds. The van der Waals surface area contributed by atoms with E-state index in [9.17, 15) is 9.59 Å². The van der Waals surface area contributed by atoms with Crippen molar-refractivity contribution >= 4 is 17.8 Å². The number of esters is 1. The molecule has 0 aliphatic heterocycles. The summed E-state index contributed by atoms with van der Waals surface area (Å²) in [4.78, 5) is 24.7. The fourth-order valence-corrected chi connectivity index (χ4v) is 12.1. The Morgan fingerprint density at radius 3 is 2.32 bits per heavy atom. The van der Waals surface area contributed by atoms with E-state index in [2.05, 4.69) is 59.4 Å². The van der Waals surface area contributed by atoms with Gasteiger partial charge in [-0.2, -0.15) is 0 Å². The van der Waals surface area contributed by atoms with Crippen LogP contribution in [0.15, 0.2) is 42.5 Å². The molecule has 6 rings (SSSR count). The minimum atomic E-state index is -0.292. The van der Waals surface area contributed by atoms with Crippen molar-refractivity contribution in [3.05, 3.63) is 53.6 Å². The molecule has 0 aromatic heterocycles. The Labute approximate surface area is 247 Å². The van der Waals surface area contributed by atoms with Gasteiger partial charge in [-0.25, -0.2) is 4.79 Å². The van der Waals surface area contributed by atoms with Gasteiger partial charge in [0.15, 0.2) is 0 Å². The van der Waals surface area contributed by atoms with E-state index >= 15 is 0 Å². The van der Waals surface area contributed by atoms with E-state index < -0.39 is 0 Å². The SMILES string of the molecule is C=C(C)C1CCC2(C=O)CC[C@]3(N)[C@H](CC[C@@H]4[C@@]5(C)CC=C(c6ccc(C(=O)OC)cc6)C(C)(C)[C@@H]5CC[C@]43C)[C@@H]12. The normalized spacial score (nSPS) is 44.4. The van der Waals surface area contributed by atoms with Crippen LogP contribution in [0, 0.1) is 51.2 Å². The summed E-state index contributed by atoms with van der Waals surface area (Å²) in [6, 6.07) is 7.98. The summed E-state index contributed by atoms with van der Waals surface area (Å²) >= 11 is 0. The molecule has 5 aliphatic rings. The molecule has 41 heavy (non-hydrogen) atoms. The number of benzene rings is 1. The molecule has 0 saturated heterocycles. The van der Waals surface area contributed by atoms with E-state index in [0.29, 0.717) is 35.2 Å². The zero-order valence-electron chi connectivity index (χ0n) is 26.2. The molecule has 0 bridgehead atoms. The third-order valence-electron chi connectivity index (χ3n) is 14.1. The molecule has 0 radical (unpaired) electrons. The lowest BCUT2D eigenvalue weighted by Gasteiger charge is -2.71. The van der Waals surface area contributed by atoms with Gasteiger partial charge in [0.05, 0.1) is 12.7 Å². The number of allylic oxidation sites excluding steroid dienone is 3. The number of fused-ring (bicyclic) bond motifs is 7. The van der Waals surface area contributed by atoms with E-state index in [1.54, 1.807) is 0 Å². The molecule has 0 spiro atoms. The van der Waals surface area contributed by atoms with Gasteiger partial charge in [0.2, 0.25) is 0 Å². The zero-order chi connectivity index (χ0) is 29.6. The first kappa shape index (κ1) is 28.9. The number of hydrogen-bond donors (Lipinski definition) is 1. The Kier molecular flexibility index (Phi) is 6.62. The average Bonchev–Trinajstić information content (AvgIpc) is 3.33. The molecule has 4 nitrogen and oxygen atoms in total. The number of nitrogens with two attached hydrogens (primary N) is 1. The molecule has 0 heterocycles. The third-order valence-corrected chi connectivity index (χ3v) is 14.1. The van der Waals surface area contributed by atoms with Crippen molar-refractivity contribution in [2.24, 2.45) is 57.0 Å². The monoisotopic (exact) mass is 557 g/mol. The van der Waals surface area contributed by atoms with Crippen LogP contribution < -0.4 is 5.73 Å². The van der Waals surface area contributed by atoms with Crippen molar-refractivity contribution in [1.82, 2.24) is 0 Å². The van der Waals surface area contributed by atoms with E-state index in [4.69, 9.17) is 10.5 Å². The van der Waals surface area contributed by atoms with Gasteiger partial charge in [0.1, 0.15) is 6.29 Å². The first-order chi connectivity index (χ1) is 19.3. The van der Waals surface area contributed by atoms with Gasteiger partial charge in [-0.05, 0) is 134 Å². The van der Waals surface area contributed by atoms with Gasteiger partial charge < -0.3 is 15.3 Å². The predicted octanol–water partition coefficient (Wildman–Crippen LogP) is 8.01. The maximum absolute atomic E-state index is 12.7. The molecular formula is C37H51NO3. The molecule has 5 aliphatic carbocycles. The minimum Gasteiger partial charge on any atom is -0.465 e. The quantitative estimate of drug-likeness (QED) is 0.231. The smallest absolute Gasteiger partial charge is 0.337 e. The Hall–Kier alpha value is -2.20. The van der Waals surface area contributed by atoms with E-state index in [0.717, 1.165) is 44.9 Å². The first-order valence-corrected chi connectivity index (χ1v) is 16.1. The van der Waals surface area contributed by atoms with Crippen LogP contribution in [-0.2, 0) is 9.53 Å². The summed E-state index contributed by atoms with van der Waals surface area (Å²) in [5.41, 5.74) is 12.1. The van der Waals surface area contributed by atoms with Crippen molar-refractivity contribution in [1.29, 1.82) is 0 Å². The van der Waals surface area contributed by atoms with E-state index in [1.807, 2.05) is 12.1 Å². The summed E-state index contributed by atoms with van der Waals surface area (Å²) in [5.74, 6) is 1.98. The van der Waals surface area contributed by atoms with Gasteiger partial charge >= 0.3 is 5.97 Å². The van der Waals surface area contributed by atoms with Crippen LogP contribution in [0.3, 0.4) is 0 Å². The average molecular weight is 558 g/mol. The Balaban J connectivity index is 1.35. The molecule has 1 aromatic carbocycles. The molecule has 222 valence electrons. The number of hydrogen-bond acceptors (Lipinski definition) is 4. The predicted molar refractivity (Wildman–Crippen MR) is 165 cm³/mol. The minimum absolute atomic E-state index is 0.00938. The molecule has 4 heteroatoms. The van der Waals surface area contributed by atoms with Gasteiger partial charge in [0.25, 0.3) is 0 Å². The summed E-state index contributed by atoms with van der Waals surface area (Å²) in [6.07, 6.45) is 13.6. The number of carbonyl (C=O) groups excluding carboxylic acids is 2. The number of aldehydes is 1. The van der Waals surface area contributed by atoms with Crippen LogP contribution >= 0.6 is 0 Å². The first-order valence-electron chi connectivity index (χ1n) is 16.1. The molecule has 9 atom stereocenters. The van der Waals surface area contributed by atoms with Gasteiger partial charge in [0, 0.05) is 11.0 Å². The number of ether oxygens (including phenoxy) is 1. The van der Waals surface area contributed by atoms with Gasteiger partial charge in [-0.3, -0.25) is 0 Å². The molecule has 4 fully saturated rings. The second kappa shape index (κ2) is 9.40. The third kappa shape index (κ3) is 3.74. The molecule has 2 unspecified atom stereocenters. The van der Waals surface area contributed by atoms with Crippen LogP contribution in [0.2, 0.25) is 0 Å². The lowest BCUT2D eigenvalue weighted by Crippen LogP contribution is -2.73. The topological polar surface area (TPSA) is 69.4 Å². The van der Waals surface area contributed by atoms with Crippen LogP contribution in [-0.4, -0.2) is 24.9 Å². The van der Waals surface area contributed by atoms with Crippen molar-refractivity contribution in [2.45, 2.75) is 97.9 Å². The lowest BCUT2D eigenvalue weighted by molar-refractivity contribution is -0.191. The standard InChI is InChI=1S/C37H51NO3/c1-23(2)26-14-19-36(22-39)20-21-37(38)28(31(26)36)12-13-30-34(5)17-15-27(24-8-10-25(11-9-24)32(40)41-7)33(3,4)29(34)16-18-35(30,37)6/h8-11,15,22,26,28-31H,1,12-14,16-21,38H2,2-7H3/t26?,28-,29+,30-,31-,34+,35-,36?,37+/m1/s1. The van der Waals surface area contributed by atoms with Crippen LogP contribution in [0.1, 0.15) is 108 Å². The van der Waals surface area contributed by atoms with Crippen LogP contribution in [0.4, 0.5) is 0 Å². The summed E-state index contributed by atoms with van der Waals surface area (Å²) < 4.78 is 4.92. The molecule has 2 N–H and O–H groups in total. The van der Waals surface area contributed by atoms with Gasteiger partial charge in [-0.1, -0.05) is 58.1 Å². The second-order valence-electron chi connectivity index (χ2n) is 15.8. The van der Waals surface area contributed by atoms with Crippen LogP contribution in [0.25, 0.3) is 5.57 Å². The van der Waals surface area contributed by atoms with Crippen LogP contribution in [0.5, 0.6) is 0 Å². The number of methoxy groups -OCH3 is 1. The number of rotatable bonds is 4. The molecular weight excluding hydrogens is 506 g/mol. The largest absolute Gasteiger partial charge is 0.465 e. The highest BCUT2D eigenvalue weighted by atomic mass is 16.5. The molecule has 4 saturated carbocycles. The maximum Gasteiger partial charge on any atom is 0.337 e. The summed E-state index contributed by atoms with van der Waals surface area (Å²) in [6.45, 7) is 16.6. The van der Waals surface area contributed by atoms with Crippen molar-refractivity contribution < 1.29 is 14.3 Å². The highest BCUT2D eigenvalue weighted by Crippen LogP contribution is 2.74. The van der Waals surface area contributed by atoms with Crippen molar-refractivity contribution in [3.8, 4) is 0 Å². The van der Waals surface area contributed by atoms with Crippen molar-refractivity contribution in [3.63, 3.8) is 0 Å². The van der Waals surface area contributed by atoms with E-state index in [-0.39, 0.29) is 33.2 Å². The zero-order valence-corrected chi connectivity index (χ0v) is 26.2. The molecule has 1 aromatic rings. The van der Waals surface area contributed by atoms with E-state index in [1.165, 1.54) is 42.9 Å². The Morgan fingerprint density at radius 2 is 1.68 bits per heavy atom. The summed E-state index contributed by atoms with van der Waals surface area (Å²) in [5, 5.41) is 0. The highest BCUT2D eigenvalue weighted by Gasteiger charge is 2.71. The second-order valence-corrected chi connectivity index (χ2v) is 15.8. The Morgan fingerprint density at radius 1 is 0.976 bits per heavy atom. The lowest BCUT2D eigenvalue weighted by atomic mass is 9.34. The fraction of sp³-hybridized carbons (Fsp3) is 0.676.